The highest BCUT2D eigenvalue weighted by Crippen LogP contribution is 2.30. The Morgan fingerprint density at radius 1 is 1.14 bits per heavy atom. The van der Waals surface area contributed by atoms with Crippen molar-refractivity contribution < 1.29 is 13.9 Å². The van der Waals surface area contributed by atoms with E-state index in [1.807, 2.05) is 31.2 Å². The highest BCUT2D eigenvalue weighted by atomic mass is 35.5. The van der Waals surface area contributed by atoms with Crippen molar-refractivity contribution in [3.05, 3.63) is 76.7 Å². The van der Waals surface area contributed by atoms with Crippen molar-refractivity contribution in [3.63, 3.8) is 0 Å². The highest BCUT2D eigenvalue weighted by molar-refractivity contribution is 6.30. The van der Waals surface area contributed by atoms with E-state index < -0.39 is 0 Å². The number of esters is 1. The first-order valence-electron chi connectivity index (χ1n) is 8.94. The maximum absolute atomic E-state index is 13.5. The number of hydrogen-bond donors (Lipinski definition) is 0. The lowest BCUT2D eigenvalue weighted by Gasteiger charge is -2.13. The molecule has 146 valence electrons. The zero-order valence-electron chi connectivity index (χ0n) is 15.8. The van der Waals surface area contributed by atoms with Crippen molar-refractivity contribution in [1.29, 1.82) is 0 Å². The molecule has 0 amide bonds. The van der Waals surface area contributed by atoms with E-state index in [4.69, 9.17) is 21.4 Å². The third-order valence-electron chi connectivity index (χ3n) is 4.69. The van der Waals surface area contributed by atoms with Crippen LogP contribution < -0.4 is 0 Å². The average molecular weight is 410 g/mol. The second kappa shape index (κ2) is 7.64. The second-order valence-electron chi connectivity index (χ2n) is 6.59. The Hall–Kier alpha value is -3.25. The maximum atomic E-state index is 13.5. The molecule has 29 heavy (non-hydrogen) atoms. The fourth-order valence-corrected chi connectivity index (χ4v) is 3.47. The molecule has 2 aromatic heterocycles. The zero-order valence-corrected chi connectivity index (χ0v) is 16.6. The van der Waals surface area contributed by atoms with Crippen molar-refractivity contribution in [1.82, 2.24) is 14.6 Å². The average Bonchev–Trinajstić information content (AvgIpc) is 3.12. The first-order valence-corrected chi connectivity index (χ1v) is 9.32. The Balaban J connectivity index is 1.99. The van der Waals surface area contributed by atoms with Gasteiger partial charge in [0.2, 0.25) is 0 Å². The van der Waals surface area contributed by atoms with Gasteiger partial charge in [0.25, 0.3) is 0 Å². The number of nitrogens with zero attached hydrogens (tertiary/aromatic N) is 3. The number of aromatic nitrogens is 3. The topological polar surface area (TPSA) is 56.5 Å². The van der Waals surface area contributed by atoms with Crippen LogP contribution in [-0.4, -0.2) is 27.7 Å². The summed E-state index contributed by atoms with van der Waals surface area (Å²) in [5, 5.41) is 5.31. The summed E-state index contributed by atoms with van der Waals surface area (Å²) >= 11 is 6.12. The number of carbonyl (C=O) groups is 1. The summed E-state index contributed by atoms with van der Waals surface area (Å²) in [5.74, 6) is -0.731. The van der Waals surface area contributed by atoms with Crippen molar-refractivity contribution in [2.75, 3.05) is 7.11 Å². The van der Waals surface area contributed by atoms with Crippen molar-refractivity contribution >= 4 is 23.2 Å². The number of hydrogen-bond acceptors (Lipinski definition) is 4. The number of carbonyl (C=O) groups excluding carboxylic acids is 1. The summed E-state index contributed by atoms with van der Waals surface area (Å²) in [4.78, 5) is 16.6. The quantitative estimate of drug-likeness (QED) is 0.451. The minimum Gasteiger partial charge on any atom is -0.469 e. The minimum atomic E-state index is -0.389. The number of aryl methyl sites for hydroxylation is 1. The van der Waals surface area contributed by atoms with E-state index in [0.717, 1.165) is 11.1 Å². The molecule has 0 unspecified atom stereocenters. The van der Waals surface area contributed by atoms with Crippen LogP contribution in [0.15, 0.2) is 54.6 Å². The molecular weight excluding hydrogens is 393 g/mol. The number of benzene rings is 2. The lowest BCUT2D eigenvalue weighted by atomic mass is 10.0. The molecule has 0 aliphatic rings. The molecule has 0 atom stereocenters. The lowest BCUT2D eigenvalue weighted by Crippen LogP contribution is -2.12. The third kappa shape index (κ3) is 3.71. The summed E-state index contributed by atoms with van der Waals surface area (Å²) in [5.41, 5.74) is 4.91. The molecule has 4 rings (SSSR count). The predicted molar refractivity (Wildman–Crippen MR) is 109 cm³/mol. The summed E-state index contributed by atoms with van der Waals surface area (Å²) in [6, 6.07) is 15.3. The molecular formula is C22H17ClFN3O2. The van der Waals surface area contributed by atoms with Gasteiger partial charge in [0.05, 0.1) is 24.9 Å². The minimum absolute atomic E-state index is 0.0321. The van der Waals surface area contributed by atoms with E-state index in [1.54, 1.807) is 22.7 Å². The van der Waals surface area contributed by atoms with Crippen molar-refractivity contribution in [3.8, 4) is 22.5 Å². The van der Waals surface area contributed by atoms with Crippen LogP contribution >= 0.6 is 11.6 Å². The molecule has 0 saturated carbocycles. The molecule has 7 heteroatoms. The van der Waals surface area contributed by atoms with E-state index in [0.29, 0.717) is 33.3 Å². The molecule has 2 aromatic carbocycles. The Morgan fingerprint density at radius 3 is 2.59 bits per heavy atom. The summed E-state index contributed by atoms with van der Waals surface area (Å²) in [6.07, 6.45) is 0.0321. The monoisotopic (exact) mass is 409 g/mol. The van der Waals surface area contributed by atoms with Gasteiger partial charge in [0.15, 0.2) is 5.65 Å². The van der Waals surface area contributed by atoms with Gasteiger partial charge in [-0.2, -0.15) is 5.10 Å². The zero-order chi connectivity index (χ0) is 20.5. The molecule has 2 heterocycles. The van der Waals surface area contributed by atoms with Gasteiger partial charge >= 0.3 is 5.97 Å². The fraction of sp³-hybridized carbons (Fsp3) is 0.136. The van der Waals surface area contributed by atoms with Gasteiger partial charge in [0.1, 0.15) is 5.82 Å². The number of ether oxygens (including phenoxy) is 1. The van der Waals surface area contributed by atoms with Gasteiger partial charge < -0.3 is 4.74 Å². The van der Waals surface area contributed by atoms with Gasteiger partial charge in [-0.05, 0) is 43.3 Å². The van der Waals surface area contributed by atoms with Crippen LogP contribution in [0.5, 0.6) is 0 Å². The van der Waals surface area contributed by atoms with Crippen LogP contribution in [0.25, 0.3) is 28.2 Å². The Kier molecular flexibility index (Phi) is 5.03. The van der Waals surface area contributed by atoms with Crippen LogP contribution in [0.4, 0.5) is 4.39 Å². The molecule has 5 nitrogen and oxygen atoms in total. The first kappa shape index (κ1) is 19.1. The SMILES string of the molecule is COC(=O)Cc1c(C)nc2cc(-c3cccc(Cl)c3)nn2c1-c1ccc(F)cc1. The van der Waals surface area contributed by atoms with Crippen LogP contribution in [-0.2, 0) is 16.0 Å². The van der Waals surface area contributed by atoms with Gasteiger partial charge in [-0.25, -0.2) is 13.9 Å². The van der Waals surface area contributed by atoms with Gasteiger partial charge in [-0.3, -0.25) is 4.79 Å². The molecule has 0 fully saturated rings. The molecule has 4 aromatic rings. The molecule has 0 saturated heterocycles. The lowest BCUT2D eigenvalue weighted by molar-refractivity contribution is -0.139. The molecule has 0 bridgehead atoms. The largest absolute Gasteiger partial charge is 0.469 e. The smallest absolute Gasteiger partial charge is 0.310 e. The van der Waals surface area contributed by atoms with E-state index in [1.165, 1.54) is 19.2 Å². The number of fused-ring (bicyclic) bond motifs is 1. The van der Waals surface area contributed by atoms with Crippen LogP contribution in [0.3, 0.4) is 0 Å². The van der Waals surface area contributed by atoms with E-state index in [9.17, 15) is 9.18 Å². The molecule has 0 radical (unpaired) electrons. The van der Waals surface area contributed by atoms with E-state index in [2.05, 4.69) is 4.98 Å². The van der Waals surface area contributed by atoms with Crippen molar-refractivity contribution in [2.24, 2.45) is 0 Å². The fourth-order valence-electron chi connectivity index (χ4n) is 3.28. The molecule has 0 aliphatic heterocycles. The van der Waals surface area contributed by atoms with E-state index in [-0.39, 0.29) is 18.2 Å². The Bertz CT molecular complexity index is 1220. The third-order valence-corrected chi connectivity index (χ3v) is 4.93. The van der Waals surface area contributed by atoms with E-state index >= 15 is 0 Å². The molecule has 0 N–H and O–H groups in total. The molecule has 0 spiro atoms. The van der Waals surface area contributed by atoms with Gasteiger partial charge in [0, 0.05) is 33.5 Å². The van der Waals surface area contributed by atoms with Crippen molar-refractivity contribution in [2.45, 2.75) is 13.3 Å². The number of halogens is 2. The molecule has 0 aliphatic carbocycles. The summed E-state index contributed by atoms with van der Waals surface area (Å²) < 4.78 is 20.0. The second-order valence-corrected chi connectivity index (χ2v) is 7.03. The standard InChI is InChI=1S/C22H17ClFN3O2/c1-13-18(11-21(28)29-2)22(14-6-8-17(24)9-7-14)27-20(25-13)12-19(26-27)15-4-3-5-16(23)10-15/h3-10,12H,11H2,1-2H3. The Labute approximate surface area is 171 Å². The maximum Gasteiger partial charge on any atom is 0.310 e. The highest BCUT2D eigenvalue weighted by Gasteiger charge is 2.20. The summed E-state index contributed by atoms with van der Waals surface area (Å²) in [7, 11) is 1.34. The first-order chi connectivity index (χ1) is 14.0. The Morgan fingerprint density at radius 2 is 1.90 bits per heavy atom. The van der Waals surface area contributed by atoms with Crippen LogP contribution in [0.2, 0.25) is 5.02 Å². The van der Waals surface area contributed by atoms with Crippen LogP contribution in [0.1, 0.15) is 11.3 Å². The summed E-state index contributed by atoms with van der Waals surface area (Å²) in [6.45, 7) is 1.83. The number of methoxy groups -OCH3 is 1. The van der Waals surface area contributed by atoms with Gasteiger partial charge in [-0.1, -0.05) is 23.7 Å². The predicted octanol–water partition coefficient (Wildman–Crippen LogP) is 4.88. The number of rotatable bonds is 4. The van der Waals surface area contributed by atoms with Gasteiger partial charge in [-0.15, -0.1) is 0 Å². The van der Waals surface area contributed by atoms with Crippen LogP contribution in [0, 0.1) is 12.7 Å². The normalized spacial score (nSPS) is 11.0.